The van der Waals surface area contributed by atoms with Gasteiger partial charge < -0.3 is 15.4 Å². The molecule has 0 saturated heterocycles. The van der Waals surface area contributed by atoms with Crippen molar-refractivity contribution < 1.29 is 13.9 Å². The van der Waals surface area contributed by atoms with Gasteiger partial charge in [0.1, 0.15) is 11.4 Å². The Bertz CT molecular complexity index is 1060. The van der Waals surface area contributed by atoms with Crippen molar-refractivity contribution in [1.29, 1.82) is 0 Å². The van der Waals surface area contributed by atoms with Gasteiger partial charge in [0.05, 0.1) is 7.11 Å². The Kier molecular flexibility index (Phi) is 4.57. The topological polar surface area (TPSA) is 84.7 Å². The SMILES string of the molecule is CNC(=O)c1c(Nc2ccc(F)c(C)c2)nc2c(OC)cccn2c1=O. The third-order valence-corrected chi connectivity index (χ3v) is 3.91. The molecule has 0 radical (unpaired) electrons. The van der Waals surface area contributed by atoms with Crippen LogP contribution in [0.15, 0.2) is 41.3 Å². The number of hydrogen-bond donors (Lipinski definition) is 2. The van der Waals surface area contributed by atoms with Crippen molar-refractivity contribution in [2.24, 2.45) is 0 Å². The van der Waals surface area contributed by atoms with Gasteiger partial charge in [0.2, 0.25) is 0 Å². The summed E-state index contributed by atoms with van der Waals surface area (Å²) in [4.78, 5) is 29.5. The van der Waals surface area contributed by atoms with Gasteiger partial charge in [0.15, 0.2) is 17.2 Å². The molecule has 7 nitrogen and oxygen atoms in total. The van der Waals surface area contributed by atoms with Crippen molar-refractivity contribution >= 4 is 23.1 Å². The van der Waals surface area contributed by atoms with E-state index >= 15 is 0 Å². The van der Waals surface area contributed by atoms with E-state index in [1.807, 2.05) is 0 Å². The zero-order valence-electron chi connectivity index (χ0n) is 14.5. The van der Waals surface area contributed by atoms with Crippen LogP contribution in [0.5, 0.6) is 5.75 Å². The highest BCUT2D eigenvalue weighted by Gasteiger charge is 2.21. The molecule has 8 heteroatoms. The Morgan fingerprint density at radius 1 is 1.31 bits per heavy atom. The molecule has 2 aromatic heterocycles. The fraction of sp³-hybridized carbons (Fsp3) is 0.167. The number of nitrogens with zero attached hydrogens (tertiary/aromatic N) is 2. The molecule has 2 heterocycles. The van der Waals surface area contributed by atoms with E-state index < -0.39 is 11.5 Å². The van der Waals surface area contributed by atoms with Crippen LogP contribution in [-0.4, -0.2) is 29.4 Å². The quantitative estimate of drug-likeness (QED) is 0.749. The van der Waals surface area contributed by atoms with Crippen molar-refractivity contribution in [3.63, 3.8) is 0 Å². The van der Waals surface area contributed by atoms with Crippen LogP contribution in [0.4, 0.5) is 15.9 Å². The predicted octanol–water partition coefficient (Wildman–Crippen LogP) is 2.25. The van der Waals surface area contributed by atoms with Crippen LogP contribution >= 0.6 is 0 Å². The lowest BCUT2D eigenvalue weighted by Gasteiger charge is -2.13. The van der Waals surface area contributed by atoms with Gasteiger partial charge in [0.25, 0.3) is 11.5 Å². The molecule has 0 aliphatic heterocycles. The van der Waals surface area contributed by atoms with Crippen LogP contribution in [-0.2, 0) is 0 Å². The number of aryl methyl sites for hydroxylation is 1. The molecule has 3 rings (SSSR count). The van der Waals surface area contributed by atoms with Crippen molar-refractivity contribution in [3.8, 4) is 5.75 Å². The lowest BCUT2D eigenvalue weighted by atomic mass is 10.2. The number of ether oxygens (including phenoxy) is 1. The van der Waals surface area contributed by atoms with Gasteiger partial charge in [-0.3, -0.25) is 14.0 Å². The summed E-state index contributed by atoms with van der Waals surface area (Å²) < 4.78 is 20.0. The van der Waals surface area contributed by atoms with Crippen molar-refractivity contribution in [1.82, 2.24) is 14.7 Å². The maximum atomic E-state index is 13.5. The number of fused-ring (bicyclic) bond motifs is 1. The van der Waals surface area contributed by atoms with E-state index in [4.69, 9.17) is 4.74 Å². The Labute approximate surface area is 148 Å². The molecular formula is C18H17FN4O3. The van der Waals surface area contributed by atoms with E-state index in [9.17, 15) is 14.0 Å². The van der Waals surface area contributed by atoms with E-state index in [-0.39, 0.29) is 22.8 Å². The fourth-order valence-electron chi connectivity index (χ4n) is 2.58. The number of pyridine rings is 1. The smallest absolute Gasteiger partial charge is 0.273 e. The van der Waals surface area contributed by atoms with Gasteiger partial charge in [-0.2, -0.15) is 0 Å². The minimum atomic E-state index is -0.582. The first-order valence-corrected chi connectivity index (χ1v) is 7.81. The van der Waals surface area contributed by atoms with Gasteiger partial charge in [-0.1, -0.05) is 0 Å². The van der Waals surface area contributed by atoms with Gasteiger partial charge in [0, 0.05) is 18.9 Å². The van der Waals surface area contributed by atoms with Gasteiger partial charge in [-0.05, 0) is 42.8 Å². The first-order valence-electron chi connectivity index (χ1n) is 7.81. The summed E-state index contributed by atoms with van der Waals surface area (Å²) >= 11 is 0. The van der Waals surface area contributed by atoms with Crippen LogP contribution in [0.3, 0.4) is 0 Å². The number of amides is 1. The number of nitrogens with one attached hydrogen (secondary N) is 2. The number of aromatic nitrogens is 2. The Hall–Kier alpha value is -3.42. The van der Waals surface area contributed by atoms with E-state index in [1.54, 1.807) is 25.1 Å². The number of hydrogen-bond acceptors (Lipinski definition) is 5. The molecule has 1 aromatic carbocycles. The summed E-state index contributed by atoms with van der Waals surface area (Å²) in [6.07, 6.45) is 1.51. The second kappa shape index (κ2) is 6.83. The number of anilines is 2. The zero-order valence-corrected chi connectivity index (χ0v) is 14.5. The first kappa shape index (κ1) is 17.4. The summed E-state index contributed by atoms with van der Waals surface area (Å²) in [5, 5.41) is 5.37. The van der Waals surface area contributed by atoms with Gasteiger partial charge in [-0.25, -0.2) is 9.37 Å². The molecule has 0 aliphatic carbocycles. The molecule has 3 aromatic rings. The maximum Gasteiger partial charge on any atom is 0.273 e. The van der Waals surface area contributed by atoms with E-state index in [1.165, 1.54) is 36.9 Å². The number of carbonyl (C=O) groups excluding carboxylic acids is 1. The highest BCUT2D eigenvalue weighted by Crippen LogP contribution is 2.23. The number of benzene rings is 1. The van der Waals surface area contributed by atoms with Crippen LogP contribution in [0.1, 0.15) is 15.9 Å². The second-order valence-corrected chi connectivity index (χ2v) is 5.58. The molecule has 0 bridgehead atoms. The molecule has 0 saturated carbocycles. The molecule has 0 fully saturated rings. The summed E-state index contributed by atoms with van der Waals surface area (Å²) in [7, 11) is 2.89. The van der Waals surface area contributed by atoms with Gasteiger partial charge in [-0.15, -0.1) is 0 Å². The summed E-state index contributed by atoms with van der Waals surface area (Å²) in [6.45, 7) is 1.62. The highest BCUT2D eigenvalue weighted by atomic mass is 19.1. The Balaban J connectivity index is 2.25. The molecular weight excluding hydrogens is 339 g/mol. The average molecular weight is 356 g/mol. The Morgan fingerprint density at radius 2 is 2.08 bits per heavy atom. The number of rotatable bonds is 4. The molecule has 2 N–H and O–H groups in total. The highest BCUT2D eigenvalue weighted by molar-refractivity contribution is 5.99. The molecule has 0 spiro atoms. The number of carbonyl (C=O) groups is 1. The summed E-state index contributed by atoms with van der Waals surface area (Å²) in [5.74, 6) is -0.493. The lowest BCUT2D eigenvalue weighted by molar-refractivity contribution is 0.0962. The molecule has 1 amide bonds. The molecule has 26 heavy (non-hydrogen) atoms. The van der Waals surface area contributed by atoms with Crippen LogP contribution < -0.4 is 20.9 Å². The molecule has 0 atom stereocenters. The minimum absolute atomic E-state index is 0.0601. The van der Waals surface area contributed by atoms with Crippen molar-refractivity contribution in [2.45, 2.75) is 6.92 Å². The zero-order chi connectivity index (χ0) is 18.8. The average Bonchev–Trinajstić information content (AvgIpc) is 2.64. The van der Waals surface area contributed by atoms with Crippen molar-refractivity contribution in [3.05, 3.63) is 63.8 Å². The van der Waals surface area contributed by atoms with Crippen LogP contribution in [0.25, 0.3) is 5.65 Å². The third kappa shape index (κ3) is 2.97. The van der Waals surface area contributed by atoms with Crippen LogP contribution in [0, 0.1) is 12.7 Å². The summed E-state index contributed by atoms with van der Waals surface area (Å²) in [5.41, 5.74) is 0.482. The predicted molar refractivity (Wildman–Crippen MR) is 95.8 cm³/mol. The van der Waals surface area contributed by atoms with Crippen molar-refractivity contribution in [2.75, 3.05) is 19.5 Å². The molecule has 0 unspecified atom stereocenters. The largest absolute Gasteiger partial charge is 0.493 e. The molecule has 0 aliphatic rings. The lowest BCUT2D eigenvalue weighted by Crippen LogP contribution is -2.31. The van der Waals surface area contributed by atoms with E-state index in [0.717, 1.165) is 0 Å². The monoisotopic (exact) mass is 356 g/mol. The van der Waals surface area contributed by atoms with E-state index in [2.05, 4.69) is 15.6 Å². The standard InChI is InChI=1S/C18H17FN4O3/c1-10-9-11(6-7-12(10)19)21-15-14(17(24)20-2)18(25)23-8-4-5-13(26-3)16(23)22-15/h4-9,21H,1-3H3,(H,20,24). The van der Waals surface area contributed by atoms with Crippen LogP contribution in [0.2, 0.25) is 0 Å². The normalized spacial score (nSPS) is 10.6. The van der Waals surface area contributed by atoms with Gasteiger partial charge >= 0.3 is 0 Å². The summed E-state index contributed by atoms with van der Waals surface area (Å²) in [6, 6.07) is 7.65. The third-order valence-electron chi connectivity index (χ3n) is 3.91. The number of halogens is 1. The second-order valence-electron chi connectivity index (χ2n) is 5.58. The van der Waals surface area contributed by atoms with E-state index in [0.29, 0.717) is 17.0 Å². The number of methoxy groups -OCH3 is 1. The molecule has 134 valence electrons. The fourth-order valence-corrected chi connectivity index (χ4v) is 2.58. The first-order chi connectivity index (χ1) is 12.5. The minimum Gasteiger partial charge on any atom is -0.493 e. The maximum absolute atomic E-state index is 13.5. The Morgan fingerprint density at radius 3 is 2.73 bits per heavy atom.